The number of aryl methyl sites for hydroxylation is 1. The molecule has 5 nitrogen and oxygen atoms in total. The third kappa shape index (κ3) is 4.72. The molecule has 0 heterocycles. The van der Waals surface area contributed by atoms with E-state index in [4.69, 9.17) is 10.00 Å². The predicted octanol–water partition coefficient (Wildman–Crippen LogP) is 3.86. The number of benzene rings is 2. The van der Waals surface area contributed by atoms with E-state index in [2.05, 4.69) is 0 Å². The number of rotatable bonds is 6. The first kappa shape index (κ1) is 18.8. The molecule has 1 amide bonds. The molecule has 0 fully saturated rings. The minimum atomic E-state index is -0.428. The number of carbonyl (C=O) groups excluding carboxylic acids is 1. The summed E-state index contributed by atoms with van der Waals surface area (Å²) in [6.07, 6.45) is 1.72. The molecule has 26 heavy (non-hydrogen) atoms. The summed E-state index contributed by atoms with van der Waals surface area (Å²) in [5, 5.41) is 18.4. The van der Waals surface area contributed by atoms with Gasteiger partial charge >= 0.3 is 0 Å². The zero-order chi connectivity index (χ0) is 18.9. The highest BCUT2D eigenvalue weighted by molar-refractivity contribution is 6.11. The second-order valence-electron chi connectivity index (χ2n) is 5.64. The maximum atomic E-state index is 12.9. The summed E-state index contributed by atoms with van der Waals surface area (Å²) in [6.45, 7) is 2.18. The van der Waals surface area contributed by atoms with Gasteiger partial charge in [-0.3, -0.25) is 4.79 Å². The van der Waals surface area contributed by atoms with Crippen LogP contribution in [0.25, 0.3) is 6.08 Å². The molecular weight excluding hydrogens is 326 g/mol. The SMILES string of the molecule is COc1ccc(/C=C(\C#N)C(=O)N(CCC#N)c2ccc(C)cc2)cc1. The minimum Gasteiger partial charge on any atom is -0.497 e. The molecule has 0 spiro atoms. The first-order chi connectivity index (χ1) is 12.6. The van der Waals surface area contributed by atoms with Gasteiger partial charge in [0.2, 0.25) is 0 Å². The van der Waals surface area contributed by atoms with Gasteiger partial charge in [-0.25, -0.2) is 0 Å². The zero-order valence-electron chi connectivity index (χ0n) is 14.8. The quantitative estimate of drug-likeness (QED) is 0.588. The fourth-order valence-electron chi connectivity index (χ4n) is 2.39. The van der Waals surface area contributed by atoms with Crippen molar-refractivity contribution in [2.45, 2.75) is 13.3 Å². The molecule has 0 aliphatic heterocycles. The molecule has 0 aliphatic rings. The van der Waals surface area contributed by atoms with E-state index in [1.165, 1.54) is 11.0 Å². The Morgan fingerprint density at radius 2 is 1.77 bits per heavy atom. The van der Waals surface area contributed by atoms with E-state index < -0.39 is 5.91 Å². The number of nitriles is 2. The van der Waals surface area contributed by atoms with Crippen LogP contribution in [0.1, 0.15) is 17.5 Å². The Hall–Kier alpha value is -3.57. The number of nitrogens with zero attached hydrogens (tertiary/aromatic N) is 3. The van der Waals surface area contributed by atoms with Crippen LogP contribution < -0.4 is 9.64 Å². The standard InChI is InChI=1S/C21H19N3O2/c1-16-4-8-19(9-5-16)24(13-3-12-22)21(25)18(15-23)14-17-6-10-20(26-2)11-7-17/h4-11,14H,3,13H2,1-2H3/b18-14+. The van der Waals surface area contributed by atoms with Crippen molar-refractivity contribution in [1.82, 2.24) is 0 Å². The third-order valence-corrected chi connectivity index (χ3v) is 3.82. The van der Waals surface area contributed by atoms with E-state index in [-0.39, 0.29) is 18.5 Å². The van der Waals surface area contributed by atoms with Crippen LogP contribution in [0.5, 0.6) is 5.75 Å². The molecule has 0 radical (unpaired) electrons. The molecule has 2 rings (SSSR count). The van der Waals surface area contributed by atoms with Gasteiger partial charge in [0.15, 0.2) is 0 Å². The van der Waals surface area contributed by atoms with Crippen LogP contribution in [0.3, 0.4) is 0 Å². The van der Waals surface area contributed by atoms with E-state index in [9.17, 15) is 10.1 Å². The summed E-state index contributed by atoms with van der Waals surface area (Å²) >= 11 is 0. The van der Waals surface area contributed by atoms with Crippen LogP contribution in [0, 0.1) is 29.6 Å². The van der Waals surface area contributed by atoms with Gasteiger partial charge in [0.1, 0.15) is 17.4 Å². The maximum Gasteiger partial charge on any atom is 0.268 e. The lowest BCUT2D eigenvalue weighted by molar-refractivity contribution is -0.114. The number of hydrogen-bond acceptors (Lipinski definition) is 4. The van der Waals surface area contributed by atoms with Crippen LogP contribution in [0.15, 0.2) is 54.1 Å². The summed E-state index contributed by atoms with van der Waals surface area (Å²) < 4.78 is 5.11. The van der Waals surface area contributed by atoms with Crippen molar-refractivity contribution in [3.63, 3.8) is 0 Å². The van der Waals surface area contributed by atoms with Crippen LogP contribution >= 0.6 is 0 Å². The second-order valence-corrected chi connectivity index (χ2v) is 5.64. The van der Waals surface area contributed by atoms with Crippen molar-refractivity contribution in [2.75, 3.05) is 18.6 Å². The average molecular weight is 345 g/mol. The van der Waals surface area contributed by atoms with Crippen molar-refractivity contribution >= 4 is 17.7 Å². The average Bonchev–Trinajstić information content (AvgIpc) is 2.68. The van der Waals surface area contributed by atoms with Gasteiger partial charge in [0.25, 0.3) is 5.91 Å². The Morgan fingerprint density at radius 1 is 1.12 bits per heavy atom. The largest absolute Gasteiger partial charge is 0.497 e. The summed E-state index contributed by atoms with van der Waals surface area (Å²) in [4.78, 5) is 14.4. The lowest BCUT2D eigenvalue weighted by Crippen LogP contribution is -2.32. The Labute approximate surface area is 153 Å². The first-order valence-electron chi connectivity index (χ1n) is 8.10. The number of carbonyl (C=O) groups is 1. The Morgan fingerprint density at radius 3 is 2.31 bits per heavy atom. The topological polar surface area (TPSA) is 77.1 Å². The molecule has 5 heteroatoms. The summed E-state index contributed by atoms with van der Waals surface area (Å²) in [7, 11) is 1.57. The van der Waals surface area contributed by atoms with Crippen LogP contribution in [-0.2, 0) is 4.79 Å². The molecule has 0 saturated carbocycles. The van der Waals surface area contributed by atoms with Gasteiger partial charge in [-0.05, 0) is 42.8 Å². The van der Waals surface area contributed by atoms with E-state index in [0.717, 1.165) is 11.1 Å². The molecular formula is C21H19N3O2. The number of anilines is 1. The van der Waals surface area contributed by atoms with Gasteiger partial charge in [0, 0.05) is 12.2 Å². The molecule has 2 aromatic carbocycles. The molecule has 0 unspecified atom stereocenters. The number of ether oxygens (including phenoxy) is 1. The van der Waals surface area contributed by atoms with E-state index in [1.54, 1.807) is 31.4 Å². The summed E-state index contributed by atoms with van der Waals surface area (Å²) in [5.41, 5.74) is 2.45. The Kier molecular flexibility index (Phi) is 6.53. The third-order valence-electron chi connectivity index (χ3n) is 3.82. The molecule has 130 valence electrons. The number of amides is 1. The predicted molar refractivity (Wildman–Crippen MR) is 100 cm³/mol. The Balaban J connectivity index is 2.34. The molecule has 0 aromatic heterocycles. The van der Waals surface area contributed by atoms with Gasteiger partial charge < -0.3 is 9.64 Å². The fraction of sp³-hybridized carbons (Fsp3) is 0.190. The minimum absolute atomic E-state index is 0.00804. The van der Waals surface area contributed by atoms with E-state index >= 15 is 0 Å². The van der Waals surface area contributed by atoms with Gasteiger partial charge in [-0.2, -0.15) is 10.5 Å². The van der Waals surface area contributed by atoms with Gasteiger partial charge in [0.05, 0.1) is 19.6 Å². The van der Waals surface area contributed by atoms with Crippen LogP contribution in [-0.4, -0.2) is 19.6 Å². The van der Waals surface area contributed by atoms with Crippen LogP contribution in [0.4, 0.5) is 5.69 Å². The van der Waals surface area contributed by atoms with Crippen molar-refractivity contribution in [3.05, 3.63) is 65.2 Å². The van der Waals surface area contributed by atoms with Crippen molar-refractivity contribution < 1.29 is 9.53 Å². The van der Waals surface area contributed by atoms with Crippen molar-refractivity contribution in [1.29, 1.82) is 10.5 Å². The molecule has 0 N–H and O–H groups in total. The van der Waals surface area contributed by atoms with Crippen molar-refractivity contribution in [2.24, 2.45) is 0 Å². The highest BCUT2D eigenvalue weighted by atomic mass is 16.5. The lowest BCUT2D eigenvalue weighted by atomic mass is 10.1. The summed E-state index contributed by atoms with van der Waals surface area (Å²) in [5.74, 6) is 0.268. The normalized spacial score (nSPS) is 10.5. The van der Waals surface area contributed by atoms with Crippen LogP contribution in [0.2, 0.25) is 0 Å². The molecule has 0 aliphatic carbocycles. The molecule has 2 aromatic rings. The molecule has 0 bridgehead atoms. The first-order valence-corrected chi connectivity index (χ1v) is 8.10. The Bertz CT molecular complexity index is 869. The van der Waals surface area contributed by atoms with Gasteiger partial charge in [-0.15, -0.1) is 0 Å². The zero-order valence-corrected chi connectivity index (χ0v) is 14.8. The van der Waals surface area contributed by atoms with E-state index in [1.807, 2.05) is 43.3 Å². The number of hydrogen-bond donors (Lipinski definition) is 0. The molecule has 0 saturated heterocycles. The monoisotopic (exact) mass is 345 g/mol. The smallest absolute Gasteiger partial charge is 0.268 e. The van der Waals surface area contributed by atoms with Gasteiger partial charge in [-0.1, -0.05) is 29.8 Å². The highest BCUT2D eigenvalue weighted by Crippen LogP contribution is 2.20. The molecule has 0 atom stereocenters. The maximum absolute atomic E-state index is 12.9. The lowest BCUT2D eigenvalue weighted by Gasteiger charge is -2.21. The highest BCUT2D eigenvalue weighted by Gasteiger charge is 2.20. The summed E-state index contributed by atoms with van der Waals surface area (Å²) in [6, 6.07) is 18.5. The van der Waals surface area contributed by atoms with E-state index in [0.29, 0.717) is 11.4 Å². The fourth-order valence-corrected chi connectivity index (χ4v) is 2.39. The second kappa shape index (κ2) is 9.05. The van der Waals surface area contributed by atoms with Crippen molar-refractivity contribution in [3.8, 4) is 17.9 Å². The number of methoxy groups -OCH3 is 1.